The van der Waals surface area contributed by atoms with Crippen LogP contribution in [0, 0.1) is 11.3 Å². The summed E-state index contributed by atoms with van der Waals surface area (Å²) in [7, 11) is 0. The summed E-state index contributed by atoms with van der Waals surface area (Å²) < 4.78 is 0. The van der Waals surface area contributed by atoms with E-state index in [2.05, 4.69) is 23.5 Å². The van der Waals surface area contributed by atoms with Crippen molar-refractivity contribution in [3.8, 4) is 6.07 Å². The third-order valence-corrected chi connectivity index (χ3v) is 3.98. The predicted octanol–water partition coefficient (Wildman–Crippen LogP) is 4.08. The Balaban J connectivity index is 1.63. The molecule has 1 amide bonds. The van der Waals surface area contributed by atoms with Crippen LogP contribution >= 0.6 is 0 Å². The van der Waals surface area contributed by atoms with Gasteiger partial charge in [-0.3, -0.25) is 4.79 Å². The van der Waals surface area contributed by atoms with Crippen LogP contribution in [0.4, 0.5) is 0 Å². The normalized spacial score (nSPS) is 10.0. The molecule has 25 heavy (non-hydrogen) atoms. The maximum atomic E-state index is 12.4. The van der Waals surface area contributed by atoms with Crippen LogP contribution in [0.2, 0.25) is 0 Å². The Morgan fingerprint density at radius 3 is 2.28 bits per heavy atom. The molecule has 0 radical (unpaired) electrons. The van der Waals surface area contributed by atoms with Gasteiger partial charge in [-0.2, -0.15) is 5.26 Å². The average Bonchev–Trinajstić information content (AvgIpc) is 2.67. The van der Waals surface area contributed by atoms with Gasteiger partial charge < -0.3 is 5.32 Å². The number of hydrogen-bond donors (Lipinski definition) is 1. The molecule has 0 aliphatic rings. The summed E-state index contributed by atoms with van der Waals surface area (Å²) in [5.41, 5.74) is 4.56. The van der Waals surface area contributed by atoms with Crippen molar-refractivity contribution in [2.45, 2.75) is 13.0 Å². The van der Waals surface area contributed by atoms with E-state index >= 15 is 0 Å². The molecular formula is C22H18N2O. The summed E-state index contributed by atoms with van der Waals surface area (Å²) in [5, 5.41) is 11.7. The van der Waals surface area contributed by atoms with Crippen molar-refractivity contribution in [3.05, 3.63) is 107 Å². The van der Waals surface area contributed by atoms with Gasteiger partial charge in [0.1, 0.15) is 0 Å². The molecule has 0 saturated carbocycles. The first-order chi connectivity index (χ1) is 12.2. The summed E-state index contributed by atoms with van der Waals surface area (Å²) in [6.07, 6.45) is 0.803. The Morgan fingerprint density at radius 1 is 0.840 bits per heavy atom. The van der Waals surface area contributed by atoms with E-state index in [1.165, 1.54) is 5.56 Å². The zero-order valence-corrected chi connectivity index (χ0v) is 13.8. The molecule has 1 N–H and O–H groups in total. The number of benzene rings is 3. The zero-order chi connectivity index (χ0) is 17.5. The van der Waals surface area contributed by atoms with Gasteiger partial charge >= 0.3 is 0 Å². The Bertz CT molecular complexity index is 893. The quantitative estimate of drug-likeness (QED) is 0.768. The van der Waals surface area contributed by atoms with E-state index in [1.807, 2.05) is 54.6 Å². The highest BCUT2D eigenvalue weighted by molar-refractivity contribution is 5.94. The Labute approximate surface area is 147 Å². The summed E-state index contributed by atoms with van der Waals surface area (Å²) in [6, 6.07) is 27.2. The van der Waals surface area contributed by atoms with E-state index in [4.69, 9.17) is 5.26 Å². The lowest BCUT2D eigenvalue weighted by Gasteiger charge is -2.08. The van der Waals surface area contributed by atoms with Crippen molar-refractivity contribution in [3.63, 3.8) is 0 Å². The fraction of sp³-hybridized carbons (Fsp3) is 0.0909. The fourth-order valence-corrected chi connectivity index (χ4v) is 2.64. The molecule has 0 aliphatic carbocycles. The van der Waals surface area contributed by atoms with Crippen LogP contribution in [-0.2, 0) is 13.0 Å². The van der Waals surface area contributed by atoms with Crippen molar-refractivity contribution in [1.82, 2.24) is 5.32 Å². The van der Waals surface area contributed by atoms with E-state index in [9.17, 15) is 4.79 Å². The van der Waals surface area contributed by atoms with Crippen molar-refractivity contribution >= 4 is 5.91 Å². The smallest absolute Gasteiger partial charge is 0.251 e. The van der Waals surface area contributed by atoms with Crippen molar-refractivity contribution in [2.75, 3.05) is 0 Å². The van der Waals surface area contributed by atoms with Crippen LogP contribution in [0.1, 0.15) is 32.6 Å². The number of amides is 1. The van der Waals surface area contributed by atoms with Gasteiger partial charge in [0, 0.05) is 12.1 Å². The second-order valence-electron chi connectivity index (χ2n) is 5.85. The van der Waals surface area contributed by atoms with Gasteiger partial charge in [0.15, 0.2) is 0 Å². The van der Waals surface area contributed by atoms with E-state index in [-0.39, 0.29) is 5.91 Å². The molecular weight excluding hydrogens is 308 g/mol. The number of nitriles is 1. The van der Waals surface area contributed by atoms with Crippen molar-refractivity contribution in [2.24, 2.45) is 0 Å². The summed E-state index contributed by atoms with van der Waals surface area (Å²) in [6.45, 7) is 0.438. The van der Waals surface area contributed by atoms with Gasteiger partial charge in [-0.1, -0.05) is 54.6 Å². The molecule has 0 spiro atoms. The van der Waals surface area contributed by atoms with Gasteiger partial charge in [0.2, 0.25) is 0 Å². The molecule has 0 heterocycles. The number of rotatable bonds is 5. The topological polar surface area (TPSA) is 52.9 Å². The monoisotopic (exact) mass is 326 g/mol. The zero-order valence-electron chi connectivity index (χ0n) is 13.8. The molecule has 0 aliphatic heterocycles. The van der Waals surface area contributed by atoms with Crippen LogP contribution in [0.3, 0.4) is 0 Å². The van der Waals surface area contributed by atoms with Gasteiger partial charge in [0.25, 0.3) is 5.91 Å². The molecule has 0 atom stereocenters. The fourth-order valence-electron chi connectivity index (χ4n) is 2.64. The number of carbonyl (C=O) groups is 1. The first-order valence-electron chi connectivity index (χ1n) is 8.15. The highest BCUT2D eigenvalue weighted by Crippen LogP contribution is 2.12. The molecule has 0 fully saturated rings. The van der Waals surface area contributed by atoms with Crippen LogP contribution in [0.25, 0.3) is 0 Å². The second-order valence-corrected chi connectivity index (χ2v) is 5.85. The van der Waals surface area contributed by atoms with E-state index in [1.54, 1.807) is 12.1 Å². The highest BCUT2D eigenvalue weighted by atomic mass is 16.1. The van der Waals surface area contributed by atoms with Gasteiger partial charge in [-0.05, 0) is 47.4 Å². The lowest BCUT2D eigenvalue weighted by molar-refractivity contribution is 0.0951. The number of nitrogens with zero attached hydrogens (tertiary/aromatic N) is 1. The van der Waals surface area contributed by atoms with E-state index < -0.39 is 0 Å². The molecule has 0 saturated heterocycles. The predicted molar refractivity (Wildman–Crippen MR) is 98.0 cm³/mol. The van der Waals surface area contributed by atoms with Gasteiger partial charge in [-0.15, -0.1) is 0 Å². The van der Waals surface area contributed by atoms with Gasteiger partial charge in [0.05, 0.1) is 11.6 Å². The number of nitrogens with one attached hydrogen (secondary N) is 1. The standard InChI is InChI=1S/C22H18N2O/c23-15-18-9-11-19(12-10-18)16-24-22(25)21-8-4-7-20(14-21)13-17-5-2-1-3-6-17/h1-12,14H,13,16H2,(H,24,25). The molecule has 0 bridgehead atoms. The minimum atomic E-state index is -0.0979. The number of hydrogen-bond acceptors (Lipinski definition) is 2. The van der Waals surface area contributed by atoms with Crippen LogP contribution in [-0.4, -0.2) is 5.91 Å². The first-order valence-corrected chi connectivity index (χ1v) is 8.15. The van der Waals surface area contributed by atoms with Crippen LogP contribution in [0.5, 0.6) is 0 Å². The molecule has 3 heteroatoms. The Kier molecular flexibility index (Phi) is 5.23. The largest absolute Gasteiger partial charge is 0.348 e. The maximum Gasteiger partial charge on any atom is 0.251 e. The summed E-state index contributed by atoms with van der Waals surface area (Å²) in [4.78, 5) is 12.4. The Hall–Kier alpha value is -3.38. The molecule has 3 aromatic rings. The lowest BCUT2D eigenvalue weighted by Crippen LogP contribution is -2.22. The van der Waals surface area contributed by atoms with Crippen molar-refractivity contribution < 1.29 is 4.79 Å². The molecule has 3 nitrogen and oxygen atoms in total. The molecule has 3 rings (SSSR count). The average molecular weight is 326 g/mol. The van der Waals surface area contributed by atoms with E-state index in [0.29, 0.717) is 17.7 Å². The minimum absolute atomic E-state index is 0.0979. The molecule has 122 valence electrons. The maximum absolute atomic E-state index is 12.4. The molecule has 3 aromatic carbocycles. The highest BCUT2D eigenvalue weighted by Gasteiger charge is 2.06. The summed E-state index contributed by atoms with van der Waals surface area (Å²) in [5.74, 6) is -0.0979. The molecule has 0 aromatic heterocycles. The first kappa shape index (κ1) is 16.5. The minimum Gasteiger partial charge on any atom is -0.348 e. The third kappa shape index (κ3) is 4.55. The third-order valence-electron chi connectivity index (χ3n) is 3.98. The summed E-state index contributed by atoms with van der Waals surface area (Å²) >= 11 is 0. The van der Waals surface area contributed by atoms with Crippen LogP contribution in [0.15, 0.2) is 78.9 Å². The van der Waals surface area contributed by atoms with Crippen molar-refractivity contribution in [1.29, 1.82) is 5.26 Å². The molecule has 0 unspecified atom stereocenters. The van der Waals surface area contributed by atoms with Crippen LogP contribution < -0.4 is 5.32 Å². The van der Waals surface area contributed by atoms with E-state index in [0.717, 1.165) is 17.5 Å². The SMILES string of the molecule is N#Cc1ccc(CNC(=O)c2cccc(Cc3ccccc3)c2)cc1. The lowest BCUT2D eigenvalue weighted by atomic mass is 10.0. The van der Waals surface area contributed by atoms with Gasteiger partial charge in [-0.25, -0.2) is 0 Å². The Morgan fingerprint density at radius 2 is 1.56 bits per heavy atom. The second kappa shape index (κ2) is 7.94. The number of carbonyl (C=O) groups excluding carboxylic acids is 1.